The van der Waals surface area contributed by atoms with E-state index in [2.05, 4.69) is 17.6 Å². The maximum Gasteiger partial charge on any atom is 0.262 e. The zero-order chi connectivity index (χ0) is 12.0. The highest BCUT2D eigenvalue weighted by atomic mass is 35.5. The summed E-state index contributed by atoms with van der Waals surface area (Å²) in [6.07, 6.45) is 0. The summed E-state index contributed by atoms with van der Waals surface area (Å²) in [6, 6.07) is 5.19. The summed E-state index contributed by atoms with van der Waals surface area (Å²) < 4.78 is 1.72. The Bertz CT molecular complexity index is 656. The number of benzene rings is 1. The van der Waals surface area contributed by atoms with E-state index in [-0.39, 0.29) is 5.56 Å². The third-order valence-electron chi connectivity index (χ3n) is 2.74. The minimum Gasteiger partial charge on any atom is -0.286 e. The zero-order valence-corrected chi connectivity index (χ0v) is 11.2. The first kappa shape index (κ1) is 11.4. The number of aromatic nitrogens is 2. The Morgan fingerprint density at radius 2 is 2.41 bits per heavy atom. The van der Waals surface area contributed by atoms with Gasteiger partial charge in [-0.05, 0) is 18.2 Å². The van der Waals surface area contributed by atoms with Gasteiger partial charge in [0.15, 0.2) is 5.16 Å². The molecule has 1 aromatic heterocycles. The average molecular weight is 285 g/mol. The fraction of sp³-hybridized carbons (Fsp3) is 0.273. The molecule has 88 valence electrons. The number of fused-ring (bicyclic) bond motifs is 2. The molecule has 0 saturated carbocycles. The van der Waals surface area contributed by atoms with Crippen LogP contribution in [0.5, 0.6) is 0 Å². The summed E-state index contributed by atoms with van der Waals surface area (Å²) >= 11 is 11.8. The molecule has 2 aromatic rings. The first-order valence-electron chi connectivity index (χ1n) is 5.16. The highest BCUT2D eigenvalue weighted by Crippen LogP contribution is 2.30. The second-order valence-corrected chi connectivity index (χ2v) is 5.96. The van der Waals surface area contributed by atoms with Crippen LogP contribution < -0.4 is 5.56 Å². The number of rotatable bonds is 1. The summed E-state index contributed by atoms with van der Waals surface area (Å²) in [7, 11) is 0. The summed E-state index contributed by atoms with van der Waals surface area (Å²) in [5, 5.41) is 2.32. The molecule has 3 nitrogen and oxygen atoms in total. The summed E-state index contributed by atoms with van der Waals surface area (Å²) in [4.78, 5) is 16.7. The molecular weight excluding hydrogens is 276 g/mol. The lowest BCUT2D eigenvalue weighted by Gasteiger charge is -2.03. The van der Waals surface area contributed by atoms with Gasteiger partial charge in [-0.1, -0.05) is 23.4 Å². The molecule has 0 N–H and O–H groups in total. The largest absolute Gasteiger partial charge is 0.286 e. The minimum absolute atomic E-state index is 0.0125. The summed E-state index contributed by atoms with van der Waals surface area (Å²) in [5.41, 5.74) is 0.680. The van der Waals surface area contributed by atoms with Crippen molar-refractivity contribution in [2.24, 2.45) is 0 Å². The van der Waals surface area contributed by atoms with E-state index in [1.807, 2.05) is 0 Å². The minimum atomic E-state index is 0.0125. The SMILES string of the molecule is O=c1c2ccc(Cl)cc2nc2n1C[C@H](CS)S2. The molecule has 1 aliphatic rings. The van der Waals surface area contributed by atoms with Gasteiger partial charge in [0.25, 0.3) is 5.56 Å². The maximum atomic E-state index is 12.2. The first-order chi connectivity index (χ1) is 8.19. The number of hydrogen-bond acceptors (Lipinski definition) is 4. The predicted molar refractivity (Wildman–Crippen MR) is 74.5 cm³/mol. The average Bonchev–Trinajstić information content (AvgIpc) is 2.72. The molecule has 0 spiro atoms. The quantitative estimate of drug-likeness (QED) is 0.645. The van der Waals surface area contributed by atoms with Crippen molar-refractivity contribution in [3.63, 3.8) is 0 Å². The van der Waals surface area contributed by atoms with E-state index < -0.39 is 0 Å². The van der Waals surface area contributed by atoms with E-state index in [9.17, 15) is 4.79 Å². The van der Waals surface area contributed by atoms with E-state index in [1.165, 1.54) is 0 Å². The van der Waals surface area contributed by atoms with Gasteiger partial charge in [0.1, 0.15) is 0 Å². The first-order valence-corrected chi connectivity index (χ1v) is 7.05. The molecule has 2 heterocycles. The van der Waals surface area contributed by atoms with Gasteiger partial charge in [0, 0.05) is 22.6 Å². The van der Waals surface area contributed by atoms with E-state index in [1.54, 1.807) is 34.5 Å². The van der Waals surface area contributed by atoms with Crippen LogP contribution in [-0.4, -0.2) is 20.6 Å². The van der Waals surface area contributed by atoms with Gasteiger partial charge in [-0.25, -0.2) is 4.98 Å². The molecule has 1 atom stereocenters. The fourth-order valence-electron chi connectivity index (χ4n) is 1.91. The van der Waals surface area contributed by atoms with E-state index >= 15 is 0 Å². The van der Waals surface area contributed by atoms with Gasteiger partial charge in [0.2, 0.25) is 0 Å². The topological polar surface area (TPSA) is 34.9 Å². The van der Waals surface area contributed by atoms with Crippen molar-refractivity contribution in [2.75, 3.05) is 5.75 Å². The standard InChI is InChI=1S/C11H9ClN2OS2/c12-6-1-2-8-9(3-6)13-11-14(10(8)15)4-7(5-16)17-11/h1-3,7,16H,4-5H2/t7-/m1/s1. The molecule has 0 amide bonds. The van der Waals surface area contributed by atoms with Gasteiger partial charge < -0.3 is 0 Å². The highest BCUT2D eigenvalue weighted by molar-refractivity contribution is 8.00. The van der Waals surface area contributed by atoms with Crippen molar-refractivity contribution in [3.8, 4) is 0 Å². The van der Waals surface area contributed by atoms with Crippen LogP contribution in [0, 0.1) is 0 Å². The van der Waals surface area contributed by atoms with Crippen LogP contribution in [0.1, 0.15) is 0 Å². The maximum absolute atomic E-state index is 12.2. The fourth-order valence-corrected chi connectivity index (χ4v) is 3.45. The monoisotopic (exact) mass is 284 g/mol. The van der Waals surface area contributed by atoms with Crippen LogP contribution in [0.3, 0.4) is 0 Å². The van der Waals surface area contributed by atoms with Crippen molar-refractivity contribution < 1.29 is 0 Å². The highest BCUT2D eigenvalue weighted by Gasteiger charge is 2.24. The molecule has 3 rings (SSSR count). The molecule has 1 aliphatic heterocycles. The lowest BCUT2D eigenvalue weighted by molar-refractivity contribution is 0.631. The molecule has 6 heteroatoms. The van der Waals surface area contributed by atoms with Crippen molar-refractivity contribution in [3.05, 3.63) is 33.6 Å². The van der Waals surface area contributed by atoms with Crippen LogP contribution in [0.15, 0.2) is 28.2 Å². The van der Waals surface area contributed by atoms with Crippen LogP contribution in [0.2, 0.25) is 5.02 Å². The molecule has 1 aromatic carbocycles. The van der Waals surface area contributed by atoms with Gasteiger partial charge >= 0.3 is 0 Å². The van der Waals surface area contributed by atoms with E-state index in [4.69, 9.17) is 11.6 Å². The normalized spacial score (nSPS) is 18.6. The van der Waals surface area contributed by atoms with Crippen molar-refractivity contribution >= 4 is 46.9 Å². The zero-order valence-electron chi connectivity index (χ0n) is 8.76. The van der Waals surface area contributed by atoms with Crippen molar-refractivity contribution in [2.45, 2.75) is 17.0 Å². The Labute approximate surface area is 113 Å². The van der Waals surface area contributed by atoms with Crippen LogP contribution in [0.25, 0.3) is 10.9 Å². The van der Waals surface area contributed by atoms with Gasteiger partial charge in [0.05, 0.1) is 10.9 Å². The molecule has 0 radical (unpaired) electrons. The van der Waals surface area contributed by atoms with Crippen molar-refractivity contribution in [1.29, 1.82) is 0 Å². The number of thioether (sulfide) groups is 1. The van der Waals surface area contributed by atoms with Crippen molar-refractivity contribution in [1.82, 2.24) is 9.55 Å². The van der Waals surface area contributed by atoms with Crippen LogP contribution in [-0.2, 0) is 6.54 Å². The van der Waals surface area contributed by atoms with Crippen LogP contribution in [0.4, 0.5) is 0 Å². The van der Waals surface area contributed by atoms with Gasteiger partial charge in [-0.3, -0.25) is 9.36 Å². The van der Waals surface area contributed by atoms with Gasteiger partial charge in [-0.15, -0.1) is 0 Å². The Morgan fingerprint density at radius 3 is 3.18 bits per heavy atom. The molecular formula is C11H9ClN2OS2. The second kappa shape index (κ2) is 4.23. The molecule has 0 bridgehead atoms. The Kier molecular flexibility index (Phi) is 2.84. The Hall–Kier alpha value is -0.650. The number of halogens is 1. The number of nitrogens with zero attached hydrogens (tertiary/aromatic N) is 2. The number of hydrogen-bond donors (Lipinski definition) is 1. The predicted octanol–water partition coefficient (Wildman–Crippen LogP) is 2.45. The molecule has 0 unspecified atom stereocenters. The lowest BCUT2D eigenvalue weighted by atomic mass is 10.2. The Balaban J connectivity index is 2.27. The smallest absolute Gasteiger partial charge is 0.262 e. The van der Waals surface area contributed by atoms with Gasteiger partial charge in [-0.2, -0.15) is 12.6 Å². The molecule has 0 aliphatic carbocycles. The second-order valence-electron chi connectivity index (χ2n) is 3.89. The number of thiol groups is 1. The molecule has 0 fully saturated rings. The van der Waals surface area contributed by atoms with E-state index in [0.717, 1.165) is 10.9 Å². The molecule has 17 heavy (non-hydrogen) atoms. The van der Waals surface area contributed by atoms with E-state index in [0.29, 0.717) is 27.7 Å². The Morgan fingerprint density at radius 1 is 1.59 bits per heavy atom. The third kappa shape index (κ3) is 1.86. The third-order valence-corrected chi connectivity index (χ3v) is 4.84. The molecule has 0 saturated heterocycles. The lowest BCUT2D eigenvalue weighted by Crippen LogP contribution is -2.22. The summed E-state index contributed by atoms with van der Waals surface area (Å²) in [6.45, 7) is 0.688. The van der Waals surface area contributed by atoms with Crippen LogP contribution >= 0.6 is 36.0 Å². The summed E-state index contributed by atoms with van der Waals surface area (Å²) in [5.74, 6) is 0.741.